The summed E-state index contributed by atoms with van der Waals surface area (Å²) in [6, 6.07) is 0. The normalized spacial score (nSPS) is 43.2. The van der Waals surface area contributed by atoms with E-state index in [0.717, 1.165) is 6.42 Å². The first kappa shape index (κ1) is 5.89. The molecule has 54 valence electrons. The van der Waals surface area contributed by atoms with E-state index in [9.17, 15) is 9.59 Å². The average molecular weight is 140 g/mol. The van der Waals surface area contributed by atoms with Crippen LogP contribution >= 0.6 is 0 Å². The van der Waals surface area contributed by atoms with Gasteiger partial charge in [-0.15, -0.1) is 0 Å². The lowest BCUT2D eigenvalue weighted by molar-refractivity contribution is -0.145. The summed E-state index contributed by atoms with van der Waals surface area (Å²) in [5.74, 6) is -1.08. The summed E-state index contributed by atoms with van der Waals surface area (Å²) in [5, 5.41) is 8.50. The minimum Gasteiger partial charge on any atom is -0.481 e. The second-order valence-electron chi connectivity index (χ2n) is 3.13. The number of carbonyl (C=O) groups is 2. The van der Waals surface area contributed by atoms with Crippen molar-refractivity contribution in [2.45, 2.75) is 12.8 Å². The monoisotopic (exact) mass is 140 g/mol. The fourth-order valence-electron chi connectivity index (χ4n) is 1.76. The predicted octanol–water partition coefficient (Wildman–Crippen LogP) is 0.296. The number of carboxylic acid groups (broad SMARTS) is 1. The molecule has 2 rings (SSSR count). The standard InChI is InChI=1S/C7H8O3/c8-6-4-1-3(4)2-5(6)7(9)10/h3-5H,1-2H2,(H,9,10). The molecule has 0 bridgehead atoms. The van der Waals surface area contributed by atoms with Gasteiger partial charge in [-0.05, 0) is 18.8 Å². The Morgan fingerprint density at radius 1 is 1.50 bits per heavy atom. The van der Waals surface area contributed by atoms with E-state index in [1.807, 2.05) is 0 Å². The van der Waals surface area contributed by atoms with E-state index in [0.29, 0.717) is 12.3 Å². The van der Waals surface area contributed by atoms with Crippen molar-refractivity contribution >= 4 is 11.8 Å². The first-order valence-corrected chi connectivity index (χ1v) is 3.46. The van der Waals surface area contributed by atoms with Gasteiger partial charge in [0.1, 0.15) is 11.7 Å². The van der Waals surface area contributed by atoms with Crippen LogP contribution in [0.1, 0.15) is 12.8 Å². The third kappa shape index (κ3) is 0.602. The Balaban J connectivity index is 2.14. The van der Waals surface area contributed by atoms with Gasteiger partial charge >= 0.3 is 5.97 Å². The third-order valence-electron chi connectivity index (χ3n) is 2.47. The molecule has 0 amide bonds. The lowest BCUT2D eigenvalue weighted by Gasteiger charge is -2.01. The molecule has 3 atom stereocenters. The van der Waals surface area contributed by atoms with Crippen molar-refractivity contribution in [3.63, 3.8) is 0 Å². The summed E-state index contributed by atoms with van der Waals surface area (Å²) >= 11 is 0. The van der Waals surface area contributed by atoms with Gasteiger partial charge in [-0.3, -0.25) is 9.59 Å². The lowest BCUT2D eigenvalue weighted by atomic mass is 10.0. The van der Waals surface area contributed by atoms with Gasteiger partial charge in [-0.25, -0.2) is 0 Å². The molecule has 3 heteroatoms. The summed E-state index contributed by atoms with van der Waals surface area (Å²) in [4.78, 5) is 21.4. The second kappa shape index (κ2) is 1.59. The molecule has 2 fully saturated rings. The smallest absolute Gasteiger partial charge is 0.314 e. The van der Waals surface area contributed by atoms with E-state index < -0.39 is 11.9 Å². The molecule has 3 nitrogen and oxygen atoms in total. The molecule has 0 aliphatic heterocycles. The van der Waals surface area contributed by atoms with E-state index >= 15 is 0 Å². The largest absolute Gasteiger partial charge is 0.481 e. The van der Waals surface area contributed by atoms with Gasteiger partial charge < -0.3 is 5.11 Å². The summed E-state index contributed by atoms with van der Waals surface area (Å²) in [5.41, 5.74) is 0. The number of fused-ring (bicyclic) bond motifs is 1. The molecule has 3 unspecified atom stereocenters. The van der Waals surface area contributed by atoms with E-state index in [1.165, 1.54) is 0 Å². The molecule has 0 aromatic heterocycles. The maximum Gasteiger partial charge on any atom is 0.314 e. The fourth-order valence-corrected chi connectivity index (χ4v) is 1.76. The molecule has 0 radical (unpaired) electrons. The van der Waals surface area contributed by atoms with E-state index in [-0.39, 0.29) is 11.7 Å². The molecule has 0 spiro atoms. The second-order valence-corrected chi connectivity index (χ2v) is 3.13. The fraction of sp³-hybridized carbons (Fsp3) is 0.714. The molecule has 0 heterocycles. The minimum atomic E-state index is -0.933. The SMILES string of the molecule is O=C(O)C1CC2CC2C1=O. The summed E-state index contributed by atoms with van der Waals surface area (Å²) < 4.78 is 0. The zero-order valence-corrected chi connectivity index (χ0v) is 5.41. The molecule has 10 heavy (non-hydrogen) atoms. The molecule has 0 aromatic rings. The van der Waals surface area contributed by atoms with Crippen LogP contribution in [-0.2, 0) is 9.59 Å². The first-order chi connectivity index (χ1) is 4.70. The van der Waals surface area contributed by atoms with Gasteiger partial charge in [0, 0.05) is 5.92 Å². The third-order valence-corrected chi connectivity index (χ3v) is 2.47. The zero-order valence-electron chi connectivity index (χ0n) is 5.41. The highest BCUT2D eigenvalue weighted by molar-refractivity contribution is 6.02. The van der Waals surface area contributed by atoms with Crippen molar-refractivity contribution in [2.75, 3.05) is 0 Å². The molecule has 0 aromatic carbocycles. The predicted molar refractivity (Wildman–Crippen MR) is 32.3 cm³/mol. The molecule has 0 saturated heterocycles. The molecule has 2 aliphatic rings. The highest BCUT2D eigenvalue weighted by Gasteiger charge is 2.55. The van der Waals surface area contributed by atoms with Crippen LogP contribution in [-0.4, -0.2) is 16.9 Å². The van der Waals surface area contributed by atoms with Gasteiger partial charge in [-0.1, -0.05) is 0 Å². The van der Waals surface area contributed by atoms with Crippen LogP contribution in [0.4, 0.5) is 0 Å². The van der Waals surface area contributed by atoms with Crippen molar-refractivity contribution < 1.29 is 14.7 Å². The Kier molecular flexibility index (Phi) is 0.938. The van der Waals surface area contributed by atoms with E-state index in [2.05, 4.69) is 0 Å². The highest BCUT2D eigenvalue weighted by Crippen LogP contribution is 2.51. The highest BCUT2D eigenvalue weighted by atomic mass is 16.4. The first-order valence-electron chi connectivity index (χ1n) is 3.46. The van der Waals surface area contributed by atoms with Crippen molar-refractivity contribution in [2.24, 2.45) is 17.8 Å². The van der Waals surface area contributed by atoms with Crippen LogP contribution in [0.3, 0.4) is 0 Å². The van der Waals surface area contributed by atoms with Crippen molar-refractivity contribution in [3.8, 4) is 0 Å². The molecule has 2 saturated carbocycles. The number of aliphatic carboxylic acids is 1. The zero-order chi connectivity index (χ0) is 7.30. The van der Waals surface area contributed by atoms with Gasteiger partial charge in [0.25, 0.3) is 0 Å². The topological polar surface area (TPSA) is 54.4 Å². The number of hydrogen-bond donors (Lipinski definition) is 1. The Morgan fingerprint density at radius 2 is 2.20 bits per heavy atom. The van der Waals surface area contributed by atoms with E-state index in [1.54, 1.807) is 0 Å². The Labute approximate surface area is 58.0 Å². The van der Waals surface area contributed by atoms with Crippen LogP contribution in [0.2, 0.25) is 0 Å². The number of Topliss-reactive ketones (excluding diaryl/α,β-unsaturated/α-hetero) is 1. The maximum absolute atomic E-state index is 11.0. The van der Waals surface area contributed by atoms with Crippen molar-refractivity contribution in [1.82, 2.24) is 0 Å². The van der Waals surface area contributed by atoms with E-state index in [4.69, 9.17) is 5.11 Å². The maximum atomic E-state index is 11.0. The Bertz CT molecular complexity index is 209. The van der Waals surface area contributed by atoms with Crippen LogP contribution in [0.15, 0.2) is 0 Å². The Morgan fingerprint density at radius 3 is 2.50 bits per heavy atom. The van der Waals surface area contributed by atoms with Crippen LogP contribution in [0.5, 0.6) is 0 Å². The number of rotatable bonds is 1. The van der Waals surface area contributed by atoms with Crippen LogP contribution in [0.25, 0.3) is 0 Å². The Hall–Kier alpha value is -0.860. The minimum absolute atomic E-state index is 0.0301. The number of ketones is 1. The van der Waals surface area contributed by atoms with Crippen LogP contribution < -0.4 is 0 Å². The van der Waals surface area contributed by atoms with Gasteiger partial charge in [0.05, 0.1) is 0 Å². The molecule has 1 N–H and O–H groups in total. The quantitative estimate of drug-likeness (QED) is 0.533. The summed E-state index contributed by atoms with van der Waals surface area (Å²) in [6.07, 6.45) is 1.54. The number of carboxylic acids is 1. The average Bonchev–Trinajstić information content (AvgIpc) is 2.54. The van der Waals surface area contributed by atoms with Gasteiger partial charge in [0.15, 0.2) is 0 Å². The van der Waals surface area contributed by atoms with Crippen molar-refractivity contribution in [3.05, 3.63) is 0 Å². The molecule has 2 aliphatic carbocycles. The number of hydrogen-bond acceptors (Lipinski definition) is 2. The molecular weight excluding hydrogens is 132 g/mol. The van der Waals surface area contributed by atoms with Crippen LogP contribution in [0, 0.1) is 17.8 Å². The van der Waals surface area contributed by atoms with Gasteiger partial charge in [-0.2, -0.15) is 0 Å². The number of carbonyl (C=O) groups excluding carboxylic acids is 1. The van der Waals surface area contributed by atoms with Crippen molar-refractivity contribution in [1.29, 1.82) is 0 Å². The lowest BCUT2D eigenvalue weighted by Crippen LogP contribution is -2.20. The van der Waals surface area contributed by atoms with Gasteiger partial charge in [0.2, 0.25) is 0 Å². The molecular formula is C7H8O3. The summed E-state index contributed by atoms with van der Waals surface area (Å²) in [7, 11) is 0. The summed E-state index contributed by atoms with van der Waals surface area (Å²) in [6.45, 7) is 0.